The van der Waals surface area contributed by atoms with Gasteiger partial charge in [0.2, 0.25) is 0 Å². The van der Waals surface area contributed by atoms with E-state index in [0.717, 1.165) is 22.0 Å². The number of fused-ring (bicyclic) bond motifs is 2. The van der Waals surface area contributed by atoms with Crippen molar-refractivity contribution in [2.45, 2.75) is 4.90 Å². The Morgan fingerprint density at radius 3 is 2.18 bits per heavy atom. The van der Waals surface area contributed by atoms with Crippen molar-refractivity contribution in [3.8, 4) is 11.3 Å². The zero-order valence-electron chi connectivity index (χ0n) is 19.3. The molecule has 1 aromatic heterocycles. The number of benzene rings is 4. The maximum atomic E-state index is 11.9. The van der Waals surface area contributed by atoms with Gasteiger partial charge in [-0.2, -0.15) is 13.5 Å². The molecule has 0 saturated heterocycles. The summed E-state index contributed by atoms with van der Waals surface area (Å²) in [5, 5.41) is 11.3. The summed E-state index contributed by atoms with van der Waals surface area (Å²) in [7, 11) is -4.47. The van der Waals surface area contributed by atoms with Gasteiger partial charge in [-0.1, -0.05) is 60.7 Å². The van der Waals surface area contributed by atoms with Gasteiger partial charge in [0.15, 0.2) is 0 Å². The molecule has 164 valence electrons. The molecule has 3 N–H and O–H groups in total. The normalized spacial score (nSPS) is 11.7. The van der Waals surface area contributed by atoms with Crippen molar-refractivity contribution in [1.29, 1.82) is 0 Å². The Morgan fingerprint density at radius 1 is 0.824 bits per heavy atom. The number of azo groups is 1. The van der Waals surface area contributed by atoms with Crippen molar-refractivity contribution >= 4 is 48.7 Å². The van der Waals surface area contributed by atoms with Crippen LogP contribution in [0.4, 0.5) is 17.1 Å². The molecule has 9 heteroatoms. The third-order valence-corrected chi connectivity index (χ3v) is 6.29. The van der Waals surface area contributed by atoms with E-state index >= 15 is 0 Å². The Bertz CT molecular complexity index is 1650. The summed E-state index contributed by atoms with van der Waals surface area (Å²) in [6.07, 6.45) is 1.78. The molecular formula is C25H19N4NaO3S. The fourth-order valence-electron chi connectivity index (χ4n) is 3.79. The zero-order valence-corrected chi connectivity index (χ0v) is 21.1. The first-order valence-electron chi connectivity index (χ1n) is 10.1. The molecule has 0 aliphatic rings. The molecule has 0 atom stereocenters. The average Bonchev–Trinajstić information content (AvgIpc) is 2.83. The van der Waals surface area contributed by atoms with Crippen LogP contribution in [0.1, 0.15) is 1.43 Å². The van der Waals surface area contributed by atoms with Gasteiger partial charge in [-0.3, -0.25) is 9.54 Å². The predicted molar refractivity (Wildman–Crippen MR) is 131 cm³/mol. The summed E-state index contributed by atoms with van der Waals surface area (Å²) in [5.74, 6) is 0. The van der Waals surface area contributed by atoms with Crippen LogP contribution in [-0.2, 0) is 10.1 Å². The van der Waals surface area contributed by atoms with Crippen molar-refractivity contribution < 1.29 is 44.0 Å². The number of nitrogens with two attached hydrogens (primary N) is 1. The molecule has 5 aromatic rings. The molecule has 1 heterocycles. The molecule has 0 amide bonds. The van der Waals surface area contributed by atoms with Gasteiger partial charge in [-0.25, -0.2) is 0 Å². The summed E-state index contributed by atoms with van der Waals surface area (Å²) in [5.41, 5.74) is 9.00. The molecule has 0 aliphatic heterocycles. The SMILES string of the molecule is Nc1c(N=Nc2ccc(-c3nccc4ccccc34)cc2)cc(S(=O)(=O)O)c2ccccc12.[H-].[Na+]. The van der Waals surface area contributed by atoms with Crippen LogP contribution in [0.25, 0.3) is 32.8 Å². The average molecular weight is 479 g/mol. The van der Waals surface area contributed by atoms with Crippen molar-refractivity contribution in [1.82, 2.24) is 4.98 Å². The Hall–Kier alpha value is -3.14. The molecule has 4 aromatic carbocycles. The third kappa shape index (κ3) is 4.59. The first-order valence-corrected chi connectivity index (χ1v) is 11.5. The van der Waals surface area contributed by atoms with E-state index < -0.39 is 10.1 Å². The number of nitrogens with zero attached hydrogens (tertiary/aromatic N) is 3. The van der Waals surface area contributed by atoms with Crippen LogP contribution >= 0.6 is 0 Å². The van der Waals surface area contributed by atoms with Gasteiger partial charge in [0, 0.05) is 27.9 Å². The number of pyridine rings is 1. The maximum absolute atomic E-state index is 11.9. The van der Waals surface area contributed by atoms with Crippen molar-refractivity contribution in [3.05, 3.63) is 91.1 Å². The second-order valence-electron chi connectivity index (χ2n) is 7.46. The fraction of sp³-hybridized carbons (Fsp3) is 0. The van der Waals surface area contributed by atoms with Gasteiger partial charge in [0.25, 0.3) is 10.1 Å². The van der Waals surface area contributed by atoms with Gasteiger partial charge in [0.1, 0.15) is 10.6 Å². The number of rotatable bonds is 4. The van der Waals surface area contributed by atoms with Gasteiger partial charge in [-0.05, 0) is 29.7 Å². The molecule has 0 spiro atoms. The predicted octanol–water partition coefficient (Wildman–Crippen LogP) is 3.42. The Kier molecular flexibility index (Phi) is 6.79. The van der Waals surface area contributed by atoms with Crippen LogP contribution < -0.4 is 35.3 Å². The zero-order chi connectivity index (χ0) is 23.0. The van der Waals surface area contributed by atoms with E-state index in [1.54, 1.807) is 42.6 Å². The molecule has 0 saturated carbocycles. The van der Waals surface area contributed by atoms with Crippen LogP contribution in [0.15, 0.2) is 106 Å². The Balaban J connectivity index is 0.00000171. The second kappa shape index (κ2) is 9.61. The number of hydrogen-bond acceptors (Lipinski definition) is 6. The van der Waals surface area contributed by atoms with E-state index in [1.807, 2.05) is 42.5 Å². The van der Waals surface area contributed by atoms with Gasteiger partial charge in [0.05, 0.1) is 17.1 Å². The molecule has 0 bridgehead atoms. The van der Waals surface area contributed by atoms with E-state index in [0.29, 0.717) is 16.5 Å². The van der Waals surface area contributed by atoms with E-state index in [1.165, 1.54) is 6.07 Å². The molecular weight excluding hydrogens is 459 g/mol. The van der Waals surface area contributed by atoms with E-state index in [9.17, 15) is 13.0 Å². The molecule has 0 aliphatic carbocycles. The first kappa shape index (κ1) is 24.0. The smallest absolute Gasteiger partial charge is 1.00 e. The quantitative estimate of drug-likeness (QED) is 0.178. The third-order valence-electron chi connectivity index (χ3n) is 5.39. The fourth-order valence-corrected chi connectivity index (χ4v) is 4.51. The monoisotopic (exact) mass is 478 g/mol. The summed E-state index contributed by atoms with van der Waals surface area (Å²) in [4.78, 5) is 4.26. The summed E-state index contributed by atoms with van der Waals surface area (Å²) in [6, 6.07) is 25.3. The molecule has 5 rings (SSSR count). The molecule has 0 radical (unpaired) electrons. The first-order chi connectivity index (χ1) is 15.9. The van der Waals surface area contributed by atoms with Crippen molar-refractivity contribution in [2.24, 2.45) is 10.2 Å². The van der Waals surface area contributed by atoms with E-state index in [2.05, 4.69) is 15.2 Å². The molecule has 0 unspecified atom stereocenters. The van der Waals surface area contributed by atoms with Gasteiger partial charge in [-0.15, -0.1) is 5.11 Å². The summed E-state index contributed by atoms with van der Waals surface area (Å²) < 4.78 is 33.4. The van der Waals surface area contributed by atoms with Crippen LogP contribution in [0.5, 0.6) is 0 Å². The van der Waals surface area contributed by atoms with Crippen molar-refractivity contribution in [3.63, 3.8) is 0 Å². The largest absolute Gasteiger partial charge is 1.00 e. The molecule has 34 heavy (non-hydrogen) atoms. The van der Waals surface area contributed by atoms with Gasteiger partial charge >= 0.3 is 29.6 Å². The van der Waals surface area contributed by atoms with Crippen LogP contribution in [0.3, 0.4) is 0 Å². The Morgan fingerprint density at radius 2 is 1.47 bits per heavy atom. The number of hydrogen-bond donors (Lipinski definition) is 2. The number of aromatic nitrogens is 1. The van der Waals surface area contributed by atoms with Gasteiger partial charge < -0.3 is 7.16 Å². The molecule has 7 nitrogen and oxygen atoms in total. The van der Waals surface area contributed by atoms with E-state index in [4.69, 9.17) is 5.73 Å². The van der Waals surface area contributed by atoms with Crippen molar-refractivity contribution in [2.75, 3.05) is 5.73 Å². The second-order valence-corrected chi connectivity index (χ2v) is 8.85. The summed E-state index contributed by atoms with van der Waals surface area (Å²) >= 11 is 0. The Labute approximate surface area is 219 Å². The topological polar surface area (TPSA) is 118 Å². The van der Waals surface area contributed by atoms with Crippen LogP contribution in [0, 0.1) is 0 Å². The maximum Gasteiger partial charge on any atom is 1.00 e. The summed E-state index contributed by atoms with van der Waals surface area (Å²) in [6.45, 7) is 0. The van der Waals surface area contributed by atoms with E-state index in [-0.39, 0.29) is 47.3 Å². The number of anilines is 1. The minimum absolute atomic E-state index is 0. The van der Waals surface area contributed by atoms with Crippen LogP contribution in [-0.4, -0.2) is 18.0 Å². The van der Waals surface area contributed by atoms with Crippen LogP contribution in [0.2, 0.25) is 0 Å². The minimum atomic E-state index is -4.47. The standard InChI is InChI=1S/C25H18N4O3S.Na.H/c26-24-21-8-4-3-7-20(21)23(33(30,31)32)15-22(24)29-28-18-11-9-17(10-12-18)25-19-6-2-1-5-16(19)13-14-27-25;;/h1-15H,26H2,(H,30,31,32);;/q;+1;-1. The molecule has 0 fully saturated rings. The minimum Gasteiger partial charge on any atom is -1.00 e. The number of nitrogen functional groups attached to an aromatic ring is 1.